The Balaban J connectivity index is 4.13. The fraction of sp³-hybridized carbons (Fsp3) is 0.833. The van der Waals surface area contributed by atoms with Gasteiger partial charge in [0.05, 0.1) is 0 Å². The Kier molecular flexibility index (Phi) is 6.97. The number of aliphatic carboxylic acids is 1. The number of ketones is 1. The van der Waals surface area contributed by atoms with Crippen LogP contribution in [-0.4, -0.2) is 30.1 Å². The first-order valence-corrected chi connectivity index (χ1v) is 5.79. The summed E-state index contributed by atoms with van der Waals surface area (Å²) in [6, 6.07) is 0. The molecule has 0 heterocycles. The SMILES string of the molecule is CCCCC(C)(CC)C(=O)COCC(=O)O. The summed E-state index contributed by atoms with van der Waals surface area (Å²) in [7, 11) is 0. The number of rotatable bonds is 9. The van der Waals surface area contributed by atoms with Crippen LogP contribution in [0.15, 0.2) is 0 Å². The highest BCUT2D eigenvalue weighted by Crippen LogP contribution is 2.29. The number of carboxylic acid groups (broad SMARTS) is 1. The molecular formula is C12H22O4. The lowest BCUT2D eigenvalue weighted by atomic mass is 9.78. The second-order valence-corrected chi connectivity index (χ2v) is 4.33. The van der Waals surface area contributed by atoms with Crippen LogP contribution in [-0.2, 0) is 14.3 Å². The topological polar surface area (TPSA) is 63.6 Å². The van der Waals surface area contributed by atoms with Gasteiger partial charge in [0, 0.05) is 5.41 Å². The van der Waals surface area contributed by atoms with Crippen LogP contribution in [0.1, 0.15) is 46.5 Å². The molecule has 1 unspecified atom stereocenters. The number of hydrogen-bond donors (Lipinski definition) is 1. The minimum Gasteiger partial charge on any atom is -0.480 e. The Labute approximate surface area is 97.0 Å². The molecule has 0 aromatic rings. The molecule has 1 atom stereocenters. The van der Waals surface area contributed by atoms with Crippen molar-refractivity contribution in [3.8, 4) is 0 Å². The van der Waals surface area contributed by atoms with Gasteiger partial charge in [0.1, 0.15) is 13.2 Å². The predicted octanol–water partition coefficient (Wildman–Crippen LogP) is 2.26. The van der Waals surface area contributed by atoms with Crippen LogP contribution in [0.2, 0.25) is 0 Å². The molecule has 0 radical (unpaired) electrons. The molecule has 0 bridgehead atoms. The Morgan fingerprint density at radius 1 is 1.25 bits per heavy atom. The van der Waals surface area contributed by atoms with Crippen molar-refractivity contribution >= 4 is 11.8 Å². The van der Waals surface area contributed by atoms with Crippen molar-refractivity contribution in [3.05, 3.63) is 0 Å². The van der Waals surface area contributed by atoms with Crippen LogP contribution >= 0.6 is 0 Å². The van der Waals surface area contributed by atoms with E-state index >= 15 is 0 Å². The summed E-state index contributed by atoms with van der Waals surface area (Å²) in [6.07, 6.45) is 3.67. The first-order valence-electron chi connectivity index (χ1n) is 5.79. The minimum absolute atomic E-state index is 0.00435. The number of carbonyl (C=O) groups is 2. The van der Waals surface area contributed by atoms with Crippen molar-refractivity contribution in [1.82, 2.24) is 0 Å². The average Bonchev–Trinajstić information content (AvgIpc) is 2.25. The lowest BCUT2D eigenvalue weighted by Gasteiger charge is -2.26. The minimum atomic E-state index is -1.04. The monoisotopic (exact) mass is 230 g/mol. The van der Waals surface area contributed by atoms with Crippen molar-refractivity contribution in [1.29, 1.82) is 0 Å². The molecule has 94 valence electrons. The maximum Gasteiger partial charge on any atom is 0.329 e. The molecule has 0 saturated carbocycles. The van der Waals surface area contributed by atoms with Gasteiger partial charge in [-0.3, -0.25) is 4.79 Å². The zero-order valence-electron chi connectivity index (χ0n) is 10.4. The van der Waals surface area contributed by atoms with Crippen LogP contribution < -0.4 is 0 Å². The molecule has 0 rings (SSSR count). The van der Waals surface area contributed by atoms with Gasteiger partial charge in [-0.2, -0.15) is 0 Å². The molecule has 0 spiro atoms. The van der Waals surface area contributed by atoms with E-state index in [2.05, 4.69) is 6.92 Å². The summed E-state index contributed by atoms with van der Waals surface area (Å²) in [4.78, 5) is 22.1. The van der Waals surface area contributed by atoms with Crippen LogP contribution in [0.5, 0.6) is 0 Å². The quantitative estimate of drug-likeness (QED) is 0.660. The number of ether oxygens (including phenoxy) is 1. The van der Waals surface area contributed by atoms with E-state index in [0.717, 1.165) is 25.7 Å². The molecule has 0 aromatic carbocycles. The zero-order valence-corrected chi connectivity index (χ0v) is 10.4. The van der Waals surface area contributed by atoms with E-state index in [1.54, 1.807) is 0 Å². The summed E-state index contributed by atoms with van der Waals surface area (Å²) < 4.78 is 4.84. The number of carboxylic acids is 1. The third kappa shape index (κ3) is 5.26. The lowest BCUT2D eigenvalue weighted by molar-refractivity contribution is -0.145. The average molecular weight is 230 g/mol. The highest BCUT2D eigenvalue weighted by atomic mass is 16.5. The lowest BCUT2D eigenvalue weighted by Crippen LogP contribution is -2.31. The van der Waals surface area contributed by atoms with Crippen molar-refractivity contribution in [2.45, 2.75) is 46.5 Å². The number of unbranched alkanes of at least 4 members (excludes halogenated alkanes) is 1. The second-order valence-electron chi connectivity index (χ2n) is 4.33. The van der Waals surface area contributed by atoms with Gasteiger partial charge in [-0.05, 0) is 12.8 Å². The summed E-state index contributed by atoms with van der Waals surface area (Å²) in [6.45, 7) is 5.49. The summed E-state index contributed by atoms with van der Waals surface area (Å²) in [5.41, 5.74) is -0.367. The third-order valence-electron chi connectivity index (χ3n) is 2.99. The van der Waals surface area contributed by atoms with Gasteiger partial charge in [0.25, 0.3) is 0 Å². The van der Waals surface area contributed by atoms with E-state index in [4.69, 9.17) is 9.84 Å². The molecular weight excluding hydrogens is 208 g/mol. The number of hydrogen-bond acceptors (Lipinski definition) is 3. The van der Waals surface area contributed by atoms with E-state index in [9.17, 15) is 9.59 Å². The summed E-state index contributed by atoms with van der Waals surface area (Å²) in [5.74, 6) is -1.04. The summed E-state index contributed by atoms with van der Waals surface area (Å²) in [5, 5.41) is 8.39. The second kappa shape index (κ2) is 7.39. The van der Waals surface area contributed by atoms with Crippen molar-refractivity contribution in [2.75, 3.05) is 13.2 Å². The largest absolute Gasteiger partial charge is 0.480 e. The Hall–Kier alpha value is -0.900. The van der Waals surface area contributed by atoms with Crippen molar-refractivity contribution in [2.24, 2.45) is 5.41 Å². The maximum atomic E-state index is 11.9. The van der Waals surface area contributed by atoms with E-state index in [-0.39, 0.29) is 17.8 Å². The number of Topliss-reactive ketones (excluding diaryl/α,β-unsaturated/α-hetero) is 1. The fourth-order valence-corrected chi connectivity index (χ4v) is 1.49. The third-order valence-corrected chi connectivity index (χ3v) is 2.99. The van der Waals surface area contributed by atoms with Gasteiger partial charge in [-0.1, -0.05) is 33.6 Å². The maximum absolute atomic E-state index is 11.9. The molecule has 1 N–H and O–H groups in total. The Morgan fingerprint density at radius 3 is 2.31 bits per heavy atom. The van der Waals surface area contributed by atoms with Crippen molar-refractivity contribution < 1.29 is 19.4 Å². The standard InChI is InChI=1S/C12H22O4/c1-4-6-7-12(3,5-2)10(13)8-16-9-11(14)15/h4-9H2,1-3H3,(H,14,15). The van der Waals surface area contributed by atoms with Gasteiger partial charge in [-0.25, -0.2) is 4.79 Å². The van der Waals surface area contributed by atoms with E-state index in [1.807, 2.05) is 13.8 Å². The van der Waals surface area contributed by atoms with Gasteiger partial charge in [-0.15, -0.1) is 0 Å². The van der Waals surface area contributed by atoms with Crippen LogP contribution in [0, 0.1) is 5.41 Å². The molecule has 16 heavy (non-hydrogen) atoms. The van der Waals surface area contributed by atoms with Crippen molar-refractivity contribution in [3.63, 3.8) is 0 Å². The highest BCUT2D eigenvalue weighted by molar-refractivity contribution is 5.85. The molecule has 4 nitrogen and oxygen atoms in total. The molecule has 0 fully saturated rings. The summed E-state index contributed by atoms with van der Waals surface area (Å²) >= 11 is 0. The Morgan fingerprint density at radius 2 is 1.88 bits per heavy atom. The number of carbonyl (C=O) groups excluding carboxylic acids is 1. The molecule has 0 aliphatic heterocycles. The first-order chi connectivity index (χ1) is 7.46. The van der Waals surface area contributed by atoms with Crippen LogP contribution in [0.3, 0.4) is 0 Å². The predicted molar refractivity (Wildman–Crippen MR) is 61.4 cm³/mol. The molecule has 0 aliphatic carbocycles. The van der Waals surface area contributed by atoms with E-state index in [0.29, 0.717) is 0 Å². The molecule has 4 heteroatoms. The molecule has 0 amide bonds. The van der Waals surface area contributed by atoms with Gasteiger partial charge in [0.2, 0.25) is 0 Å². The van der Waals surface area contributed by atoms with Crippen LogP contribution in [0.4, 0.5) is 0 Å². The van der Waals surface area contributed by atoms with E-state index in [1.165, 1.54) is 0 Å². The highest BCUT2D eigenvalue weighted by Gasteiger charge is 2.30. The van der Waals surface area contributed by atoms with Gasteiger partial charge < -0.3 is 9.84 Å². The Bertz CT molecular complexity index is 237. The van der Waals surface area contributed by atoms with E-state index < -0.39 is 12.6 Å². The molecule has 0 aromatic heterocycles. The molecule has 0 saturated heterocycles. The smallest absolute Gasteiger partial charge is 0.329 e. The van der Waals surface area contributed by atoms with Crippen LogP contribution in [0.25, 0.3) is 0 Å². The molecule has 0 aliphatic rings. The normalized spacial score (nSPS) is 14.4. The zero-order chi connectivity index (χ0) is 12.6. The fourth-order valence-electron chi connectivity index (χ4n) is 1.49. The van der Waals surface area contributed by atoms with Gasteiger partial charge >= 0.3 is 5.97 Å². The van der Waals surface area contributed by atoms with Gasteiger partial charge in [0.15, 0.2) is 5.78 Å². The first kappa shape index (κ1) is 15.1.